The summed E-state index contributed by atoms with van der Waals surface area (Å²) in [7, 11) is 0. The molecular formula is C21H21NO. The number of phenols is 1. The fraction of sp³-hybridized carbons (Fsp3) is 0.286. The van der Waals surface area contributed by atoms with Gasteiger partial charge in [0.15, 0.2) is 0 Å². The first-order valence-corrected chi connectivity index (χ1v) is 7.93. The van der Waals surface area contributed by atoms with Crippen LogP contribution in [0.3, 0.4) is 0 Å². The molecule has 2 nitrogen and oxygen atoms in total. The number of phenolic OH excluding ortho intramolecular Hbond substituents is 1. The summed E-state index contributed by atoms with van der Waals surface area (Å²) in [5.41, 5.74) is 8.47. The number of benzene rings is 2. The van der Waals surface area contributed by atoms with Crippen LogP contribution in [0.15, 0.2) is 30.8 Å². The molecule has 2 aromatic carbocycles. The molecule has 0 radical (unpaired) electrons. The lowest BCUT2D eigenvalue weighted by atomic mass is 9.74. The van der Waals surface area contributed by atoms with Crippen molar-refractivity contribution < 1.29 is 5.11 Å². The molecule has 1 aliphatic rings. The molecule has 0 aliphatic heterocycles. The molecule has 0 spiro atoms. The van der Waals surface area contributed by atoms with E-state index < -0.39 is 0 Å². The van der Waals surface area contributed by atoms with Crippen LogP contribution in [0.4, 0.5) is 0 Å². The molecule has 0 fully saturated rings. The Kier molecular flexibility index (Phi) is 3.74. The number of aromatic hydroxyl groups is 1. The first-order chi connectivity index (χ1) is 10.9. The fourth-order valence-corrected chi connectivity index (χ4v) is 3.62. The van der Waals surface area contributed by atoms with Gasteiger partial charge in [0.25, 0.3) is 0 Å². The van der Waals surface area contributed by atoms with Gasteiger partial charge in [0.1, 0.15) is 5.75 Å². The number of fused-ring (bicyclic) bond motifs is 1. The molecule has 0 heterocycles. The highest BCUT2D eigenvalue weighted by molar-refractivity contribution is 5.77. The maximum absolute atomic E-state index is 10.5. The van der Waals surface area contributed by atoms with Crippen molar-refractivity contribution in [2.45, 2.75) is 39.5 Å². The molecular weight excluding hydrogens is 282 g/mol. The van der Waals surface area contributed by atoms with Crippen LogP contribution in [-0.4, -0.2) is 5.11 Å². The Hall–Kier alpha value is -2.53. The van der Waals surface area contributed by atoms with Crippen LogP contribution in [0.2, 0.25) is 0 Å². The van der Waals surface area contributed by atoms with Gasteiger partial charge in [-0.15, -0.1) is 0 Å². The highest BCUT2D eigenvalue weighted by atomic mass is 16.3. The standard InChI is InChI=1S/C21H21NO/c1-12-9-18(17-7-5-16(11-22)6-8-17)10-19-14(3)13(2)15(4)21(23)20(12)19/h5-8,18,23H,1,9-10H2,2-4H3. The fourth-order valence-electron chi connectivity index (χ4n) is 3.62. The number of hydrogen-bond donors (Lipinski definition) is 1. The molecule has 0 saturated heterocycles. The van der Waals surface area contributed by atoms with E-state index in [2.05, 4.69) is 26.5 Å². The zero-order chi connectivity index (χ0) is 16.7. The summed E-state index contributed by atoms with van der Waals surface area (Å²) in [6.45, 7) is 10.4. The topological polar surface area (TPSA) is 44.0 Å². The summed E-state index contributed by atoms with van der Waals surface area (Å²) in [6.07, 6.45) is 1.75. The van der Waals surface area contributed by atoms with E-state index >= 15 is 0 Å². The molecule has 1 aliphatic carbocycles. The second-order valence-electron chi connectivity index (χ2n) is 6.52. The lowest BCUT2D eigenvalue weighted by Gasteiger charge is -2.30. The average molecular weight is 303 g/mol. The summed E-state index contributed by atoms with van der Waals surface area (Å²) in [5.74, 6) is 0.745. The summed E-state index contributed by atoms with van der Waals surface area (Å²) in [6, 6.07) is 9.99. The Morgan fingerprint density at radius 2 is 1.70 bits per heavy atom. The molecule has 0 bridgehead atoms. The molecule has 2 heteroatoms. The van der Waals surface area contributed by atoms with Gasteiger partial charge in [-0.1, -0.05) is 18.7 Å². The van der Waals surface area contributed by atoms with Gasteiger partial charge in [-0.25, -0.2) is 0 Å². The molecule has 0 saturated carbocycles. The maximum atomic E-state index is 10.5. The molecule has 1 atom stereocenters. The quantitative estimate of drug-likeness (QED) is 0.811. The molecule has 23 heavy (non-hydrogen) atoms. The third-order valence-corrected chi connectivity index (χ3v) is 5.28. The van der Waals surface area contributed by atoms with E-state index in [1.165, 1.54) is 16.7 Å². The van der Waals surface area contributed by atoms with E-state index in [0.29, 0.717) is 17.2 Å². The summed E-state index contributed by atoms with van der Waals surface area (Å²) in [4.78, 5) is 0. The third-order valence-electron chi connectivity index (χ3n) is 5.28. The van der Waals surface area contributed by atoms with Crippen molar-refractivity contribution in [3.8, 4) is 11.8 Å². The van der Waals surface area contributed by atoms with Crippen LogP contribution in [0.1, 0.15) is 51.3 Å². The van der Waals surface area contributed by atoms with Crippen molar-refractivity contribution >= 4 is 5.57 Å². The van der Waals surface area contributed by atoms with Gasteiger partial charge < -0.3 is 5.11 Å². The highest BCUT2D eigenvalue weighted by Gasteiger charge is 2.28. The average Bonchev–Trinajstić information content (AvgIpc) is 2.57. The van der Waals surface area contributed by atoms with E-state index in [-0.39, 0.29) is 0 Å². The smallest absolute Gasteiger partial charge is 0.126 e. The van der Waals surface area contributed by atoms with Crippen molar-refractivity contribution in [1.82, 2.24) is 0 Å². The van der Waals surface area contributed by atoms with Gasteiger partial charge >= 0.3 is 0 Å². The maximum Gasteiger partial charge on any atom is 0.126 e. The minimum absolute atomic E-state index is 0.350. The molecule has 0 aromatic heterocycles. The lowest BCUT2D eigenvalue weighted by Crippen LogP contribution is -2.15. The first kappa shape index (κ1) is 15.4. The molecule has 116 valence electrons. The summed E-state index contributed by atoms with van der Waals surface area (Å²) in [5, 5.41) is 19.5. The normalized spacial score (nSPS) is 16.8. The van der Waals surface area contributed by atoms with Crippen molar-refractivity contribution in [2.75, 3.05) is 0 Å². The number of hydrogen-bond acceptors (Lipinski definition) is 2. The SMILES string of the molecule is C=C1CC(c2ccc(C#N)cc2)Cc2c(C)c(C)c(C)c(O)c21. The second kappa shape index (κ2) is 5.59. The monoisotopic (exact) mass is 303 g/mol. The minimum Gasteiger partial charge on any atom is -0.507 e. The van der Waals surface area contributed by atoms with E-state index in [1.54, 1.807) is 0 Å². The van der Waals surface area contributed by atoms with Gasteiger partial charge in [0, 0.05) is 5.56 Å². The zero-order valence-corrected chi connectivity index (χ0v) is 13.9. The second-order valence-corrected chi connectivity index (χ2v) is 6.52. The van der Waals surface area contributed by atoms with Crippen molar-refractivity contribution in [3.05, 3.63) is 69.8 Å². The highest BCUT2D eigenvalue weighted by Crippen LogP contribution is 2.45. The Morgan fingerprint density at radius 1 is 1.04 bits per heavy atom. The number of allylic oxidation sites excluding steroid dienone is 1. The Labute approximate surface area is 137 Å². The molecule has 0 amide bonds. The largest absolute Gasteiger partial charge is 0.507 e. The van der Waals surface area contributed by atoms with Gasteiger partial charge in [-0.2, -0.15) is 5.26 Å². The molecule has 1 N–H and O–H groups in total. The van der Waals surface area contributed by atoms with Gasteiger partial charge in [0.2, 0.25) is 0 Å². The number of nitrogens with zero attached hydrogens (tertiary/aromatic N) is 1. The predicted octanol–water partition coefficient (Wildman–Crippen LogP) is 4.93. The van der Waals surface area contributed by atoms with Crippen LogP contribution in [0, 0.1) is 32.1 Å². The van der Waals surface area contributed by atoms with Gasteiger partial charge in [-0.05, 0) is 85.1 Å². The minimum atomic E-state index is 0.350. The summed E-state index contributed by atoms with van der Waals surface area (Å²) < 4.78 is 0. The first-order valence-electron chi connectivity index (χ1n) is 7.93. The predicted molar refractivity (Wildman–Crippen MR) is 93.6 cm³/mol. The van der Waals surface area contributed by atoms with Crippen LogP contribution >= 0.6 is 0 Å². The van der Waals surface area contributed by atoms with E-state index in [0.717, 1.165) is 35.1 Å². The van der Waals surface area contributed by atoms with Crippen molar-refractivity contribution in [3.63, 3.8) is 0 Å². The van der Waals surface area contributed by atoms with Gasteiger partial charge in [0.05, 0.1) is 11.6 Å². The van der Waals surface area contributed by atoms with Crippen LogP contribution in [-0.2, 0) is 6.42 Å². The Bertz CT molecular complexity index is 838. The molecule has 2 aromatic rings. The van der Waals surface area contributed by atoms with E-state index in [9.17, 15) is 5.11 Å². The van der Waals surface area contributed by atoms with Crippen LogP contribution in [0.25, 0.3) is 5.57 Å². The van der Waals surface area contributed by atoms with Gasteiger partial charge in [-0.3, -0.25) is 0 Å². The molecule has 1 unspecified atom stereocenters. The number of nitriles is 1. The van der Waals surface area contributed by atoms with Crippen LogP contribution < -0.4 is 0 Å². The Balaban J connectivity index is 2.07. The van der Waals surface area contributed by atoms with Crippen molar-refractivity contribution in [1.29, 1.82) is 5.26 Å². The third kappa shape index (κ3) is 2.43. The summed E-state index contributed by atoms with van der Waals surface area (Å²) >= 11 is 0. The van der Waals surface area contributed by atoms with Crippen molar-refractivity contribution in [2.24, 2.45) is 0 Å². The van der Waals surface area contributed by atoms with Crippen LogP contribution in [0.5, 0.6) is 5.75 Å². The zero-order valence-electron chi connectivity index (χ0n) is 13.9. The lowest BCUT2D eigenvalue weighted by molar-refractivity contribution is 0.465. The van der Waals surface area contributed by atoms with E-state index in [1.807, 2.05) is 31.2 Å². The van der Waals surface area contributed by atoms with E-state index in [4.69, 9.17) is 5.26 Å². The Morgan fingerprint density at radius 3 is 2.30 bits per heavy atom. The number of rotatable bonds is 1. The molecule has 3 rings (SSSR count).